The molecular weight excluding hydrogens is 314 g/mol. The Bertz CT molecular complexity index is 700. The van der Waals surface area contributed by atoms with Crippen molar-refractivity contribution in [3.63, 3.8) is 0 Å². The summed E-state index contributed by atoms with van der Waals surface area (Å²) in [6.07, 6.45) is 0.771. The molecular formula is C21H25NO3. The lowest BCUT2D eigenvalue weighted by molar-refractivity contribution is -0.184. The monoisotopic (exact) mass is 339 g/mol. The van der Waals surface area contributed by atoms with Crippen molar-refractivity contribution in [2.24, 2.45) is 0 Å². The molecule has 1 fully saturated rings. The number of morpholine rings is 1. The van der Waals surface area contributed by atoms with Crippen molar-refractivity contribution in [3.05, 3.63) is 71.8 Å². The van der Waals surface area contributed by atoms with Gasteiger partial charge < -0.3 is 9.84 Å². The molecule has 0 bridgehead atoms. The highest BCUT2D eigenvalue weighted by atomic mass is 16.5. The number of carbonyl (C=O) groups is 1. The molecule has 3 rings (SSSR count). The van der Waals surface area contributed by atoms with Gasteiger partial charge in [-0.15, -0.1) is 0 Å². The third-order valence-electron chi connectivity index (χ3n) is 4.86. The van der Waals surface area contributed by atoms with Gasteiger partial charge in [-0.3, -0.25) is 9.69 Å². The van der Waals surface area contributed by atoms with Crippen LogP contribution in [-0.4, -0.2) is 40.3 Å². The van der Waals surface area contributed by atoms with Gasteiger partial charge >= 0.3 is 5.97 Å². The Morgan fingerprint density at radius 3 is 2.20 bits per heavy atom. The minimum atomic E-state index is -0.835. The molecule has 0 saturated carbocycles. The number of hydrogen-bond donors (Lipinski definition) is 1. The lowest BCUT2D eigenvalue weighted by Gasteiger charge is -2.48. The van der Waals surface area contributed by atoms with Gasteiger partial charge in [-0.25, -0.2) is 0 Å². The molecule has 1 aliphatic heterocycles. The van der Waals surface area contributed by atoms with E-state index in [0.29, 0.717) is 13.2 Å². The average molecular weight is 339 g/mol. The van der Waals surface area contributed by atoms with Crippen LogP contribution in [0, 0.1) is 0 Å². The van der Waals surface area contributed by atoms with Crippen LogP contribution in [0.5, 0.6) is 0 Å². The Morgan fingerprint density at radius 2 is 1.64 bits per heavy atom. The first-order valence-corrected chi connectivity index (χ1v) is 8.68. The first-order valence-electron chi connectivity index (χ1n) is 8.68. The molecule has 2 aromatic rings. The Kier molecular flexibility index (Phi) is 5.21. The molecule has 132 valence electrons. The predicted molar refractivity (Wildman–Crippen MR) is 97.4 cm³/mol. The molecule has 0 aliphatic carbocycles. The summed E-state index contributed by atoms with van der Waals surface area (Å²) < 4.78 is 5.97. The van der Waals surface area contributed by atoms with Crippen molar-refractivity contribution in [2.75, 3.05) is 6.61 Å². The van der Waals surface area contributed by atoms with Gasteiger partial charge in [-0.2, -0.15) is 0 Å². The number of hydrogen-bond acceptors (Lipinski definition) is 3. The number of ether oxygens (including phenoxy) is 1. The lowest BCUT2D eigenvalue weighted by atomic mass is 9.90. The van der Waals surface area contributed by atoms with E-state index in [-0.39, 0.29) is 6.04 Å². The van der Waals surface area contributed by atoms with Gasteiger partial charge in [0.2, 0.25) is 0 Å². The maximum atomic E-state index is 12.0. The average Bonchev–Trinajstić information content (AvgIpc) is 2.58. The fourth-order valence-corrected chi connectivity index (χ4v) is 3.61. The van der Waals surface area contributed by atoms with E-state index < -0.39 is 17.6 Å². The molecule has 2 atom stereocenters. The first kappa shape index (κ1) is 17.6. The van der Waals surface area contributed by atoms with Gasteiger partial charge in [-0.1, -0.05) is 60.7 Å². The second-order valence-corrected chi connectivity index (χ2v) is 7.16. The van der Waals surface area contributed by atoms with Gasteiger partial charge in [0, 0.05) is 12.6 Å². The zero-order valence-corrected chi connectivity index (χ0v) is 14.8. The van der Waals surface area contributed by atoms with E-state index in [1.54, 1.807) is 0 Å². The number of carboxylic acid groups (broad SMARTS) is 1. The van der Waals surface area contributed by atoms with Crippen molar-refractivity contribution in [1.82, 2.24) is 4.90 Å². The zero-order valence-electron chi connectivity index (χ0n) is 14.8. The molecule has 4 nitrogen and oxygen atoms in total. The van der Waals surface area contributed by atoms with Crippen LogP contribution in [-0.2, 0) is 22.5 Å². The minimum Gasteiger partial charge on any atom is -0.480 e. The fraction of sp³-hybridized carbons (Fsp3) is 0.381. The molecule has 25 heavy (non-hydrogen) atoms. The topological polar surface area (TPSA) is 49.8 Å². The number of nitrogens with zero attached hydrogens (tertiary/aromatic N) is 1. The summed E-state index contributed by atoms with van der Waals surface area (Å²) in [5, 5.41) is 9.88. The summed E-state index contributed by atoms with van der Waals surface area (Å²) in [5.41, 5.74) is 1.58. The summed E-state index contributed by atoms with van der Waals surface area (Å²) in [6.45, 7) is 4.85. The van der Waals surface area contributed by atoms with E-state index >= 15 is 0 Å². The van der Waals surface area contributed by atoms with Crippen LogP contribution in [0.1, 0.15) is 25.0 Å². The van der Waals surface area contributed by atoms with Crippen molar-refractivity contribution < 1.29 is 14.6 Å². The summed E-state index contributed by atoms with van der Waals surface area (Å²) in [7, 11) is 0. The number of rotatable bonds is 5. The molecule has 1 heterocycles. The van der Waals surface area contributed by atoms with Crippen molar-refractivity contribution in [1.29, 1.82) is 0 Å². The van der Waals surface area contributed by atoms with Crippen LogP contribution in [0.2, 0.25) is 0 Å². The maximum Gasteiger partial charge on any atom is 0.323 e. The second kappa shape index (κ2) is 7.38. The van der Waals surface area contributed by atoms with Crippen LogP contribution in [0.4, 0.5) is 0 Å². The second-order valence-electron chi connectivity index (χ2n) is 7.16. The molecule has 0 spiro atoms. The molecule has 0 radical (unpaired) electrons. The van der Waals surface area contributed by atoms with E-state index in [9.17, 15) is 9.90 Å². The Morgan fingerprint density at radius 1 is 1.08 bits per heavy atom. The van der Waals surface area contributed by atoms with Gasteiger partial charge in [0.25, 0.3) is 0 Å². The van der Waals surface area contributed by atoms with E-state index in [1.807, 2.05) is 62.4 Å². The number of benzene rings is 2. The third-order valence-corrected chi connectivity index (χ3v) is 4.86. The van der Waals surface area contributed by atoms with Gasteiger partial charge in [-0.05, 0) is 31.4 Å². The van der Waals surface area contributed by atoms with Crippen molar-refractivity contribution in [2.45, 2.75) is 44.5 Å². The van der Waals surface area contributed by atoms with Gasteiger partial charge in [0.15, 0.2) is 0 Å². The summed E-state index contributed by atoms with van der Waals surface area (Å²) in [4.78, 5) is 14.1. The fourth-order valence-electron chi connectivity index (χ4n) is 3.61. The Hall–Kier alpha value is -2.17. The van der Waals surface area contributed by atoms with Gasteiger partial charge in [0.05, 0.1) is 12.2 Å². The van der Waals surface area contributed by atoms with Crippen LogP contribution >= 0.6 is 0 Å². The summed E-state index contributed by atoms with van der Waals surface area (Å²) in [5.74, 6) is -0.835. The zero-order chi connectivity index (χ0) is 17.9. The quantitative estimate of drug-likeness (QED) is 0.907. The molecule has 0 aromatic heterocycles. The summed E-state index contributed by atoms with van der Waals surface area (Å²) >= 11 is 0. The van der Waals surface area contributed by atoms with E-state index in [0.717, 1.165) is 12.0 Å². The Balaban J connectivity index is 1.90. The van der Waals surface area contributed by atoms with Crippen molar-refractivity contribution in [3.8, 4) is 0 Å². The molecule has 2 aromatic carbocycles. The number of aliphatic carboxylic acids is 1. The summed E-state index contributed by atoms with van der Waals surface area (Å²) in [6, 6.07) is 19.6. The molecule has 1 aliphatic rings. The minimum absolute atomic E-state index is 0.0248. The maximum absolute atomic E-state index is 12.0. The van der Waals surface area contributed by atoms with Crippen LogP contribution < -0.4 is 0 Å². The molecule has 4 heteroatoms. The van der Waals surface area contributed by atoms with E-state index in [1.165, 1.54) is 5.56 Å². The third kappa shape index (κ3) is 4.09. The smallest absolute Gasteiger partial charge is 0.323 e. The van der Waals surface area contributed by atoms with E-state index in [2.05, 4.69) is 17.0 Å². The molecule has 0 amide bonds. The van der Waals surface area contributed by atoms with Crippen LogP contribution in [0.3, 0.4) is 0 Å². The van der Waals surface area contributed by atoms with E-state index in [4.69, 9.17) is 4.74 Å². The highest BCUT2D eigenvalue weighted by Gasteiger charge is 2.47. The largest absolute Gasteiger partial charge is 0.480 e. The lowest BCUT2D eigenvalue weighted by Crippen LogP contribution is -2.64. The molecule has 1 N–H and O–H groups in total. The highest BCUT2D eigenvalue weighted by molar-refractivity contribution is 5.75. The molecule has 2 unspecified atom stereocenters. The first-order chi connectivity index (χ1) is 12.0. The standard InChI is InChI=1S/C21H25NO3/c1-21(2)19(20(23)24)22(14-17-11-7-4-8-12-17)18(15-25-21)13-16-9-5-3-6-10-16/h3-12,18-19H,13-15H2,1-2H3,(H,23,24). The van der Waals surface area contributed by atoms with Crippen molar-refractivity contribution >= 4 is 5.97 Å². The Labute approximate surface area is 149 Å². The van der Waals surface area contributed by atoms with Gasteiger partial charge in [0.1, 0.15) is 6.04 Å². The van der Waals surface area contributed by atoms with Crippen LogP contribution in [0.15, 0.2) is 60.7 Å². The molecule has 1 saturated heterocycles. The number of carboxylic acids is 1. The highest BCUT2D eigenvalue weighted by Crippen LogP contribution is 2.31. The normalized spacial score (nSPS) is 23.3. The predicted octanol–water partition coefficient (Wildman–Crippen LogP) is 3.36. The van der Waals surface area contributed by atoms with Crippen LogP contribution in [0.25, 0.3) is 0 Å². The SMILES string of the molecule is CC1(C)OCC(Cc2ccccc2)N(Cc2ccccc2)C1C(=O)O.